The molecule has 0 saturated carbocycles. The largest absolute Gasteiger partial charge is 0.393 e. The van der Waals surface area contributed by atoms with Crippen LogP contribution < -0.4 is 4.90 Å². The molecule has 0 unspecified atom stereocenters. The van der Waals surface area contributed by atoms with Crippen LogP contribution in [0.5, 0.6) is 0 Å². The lowest BCUT2D eigenvalue weighted by atomic mass is 10.1. The number of rotatable bonds is 3. The van der Waals surface area contributed by atoms with Gasteiger partial charge in [0.05, 0.1) is 6.10 Å². The van der Waals surface area contributed by atoms with Crippen molar-refractivity contribution in [1.29, 1.82) is 0 Å². The predicted molar refractivity (Wildman–Crippen MR) is 73.2 cm³/mol. The van der Waals surface area contributed by atoms with Crippen LogP contribution in [-0.2, 0) is 6.42 Å². The van der Waals surface area contributed by atoms with Gasteiger partial charge < -0.3 is 10.0 Å². The van der Waals surface area contributed by atoms with E-state index in [2.05, 4.69) is 21.8 Å². The number of nitrogens with zero attached hydrogens (tertiary/aromatic N) is 3. The van der Waals surface area contributed by atoms with Gasteiger partial charge in [0.25, 0.3) is 0 Å². The highest BCUT2D eigenvalue weighted by Crippen LogP contribution is 2.26. The molecule has 1 aromatic rings. The van der Waals surface area contributed by atoms with Crippen molar-refractivity contribution < 1.29 is 5.11 Å². The molecule has 1 aromatic heterocycles. The molecule has 0 aliphatic carbocycles. The summed E-state index contributed by atoms with van der Waals surface area (Å²) in [7, 11) is 0. The first kappa shape index (κ1) is 13.6. The minimum atomic E-state index is -0.172. The minimum Gasteiger partial charge on any atom is -0.393 e. The molecule has 0 spiro atoms. The van der Waals surface area contributed by atoms with E-state index in [1.165, 1.54) is 0 Å². The molecule has 0 amide bonds. The standard InChI is InChI=1S/C13H20ClN3O/c1-3-4-11-15-12(14)9(2)13(16-11)17-7-5-10(18)6-8-17/h10,18H,3-8H2,1-2H3. The third kappa shape index (κ3) is 2.93. The average molecular weight is 270 g/mol. The number of aryl methyl sites for hydroxylation is 1. The molecule has 0 radical (unpaired) electrons. The van der Waals surface area contributed by atoms with Crippen LogP contribution in [0.1, 0.15) is 37.6 Å². The van der Waals surface area contributed by atoms with E-state index in [-0.39, 0.29) is 6.10 Å². The van der Waals surface area contributed by atoms with Gasteiger partial charge in [-0.3, -0.25) is 0 Å². The molecule has 4 nitrogen and oxygen atoms in total. The van der Waals surface area contributed by atoms with Crippen LogP contribution in [-0.4, -0.2) is 34.3 Å². The Bertz CT molecular complexity index is 417. The monoisotopic (exact) mass is 269 g/mol. The Balaban J connectivity index is 2.25. The van der Waals surface area contributed by atoms with Gasteiger partial charge in [-0.1, -0.05) is 18.5 Å². The van der Waals surface area contributed by atoms with Gasteiger partial charge in [-0.2, -0.15) is 0 Å². The predicted octanol–water partition coefficient (Wildman–Crippen LogP) is 2.35. The Morgan fingerprint density at radius 3 is 2.61 bits per heavy atom. The van der Waals surface area contributed by atoms with Crippen molar-refractivity contribution in [1.82, 2.24) is 9.97 Å². The third-order valence-electron chi connectivity index (χ3n) is 3.34. The fraction of sp³-hybridized carbons (Fsp3) is 0.692. The highest BCUT2D eigenvalue weighted by molar-refractivity contribution is 6.30. The van der Waals surface area contributed by atoms with Crippen LogP contribution in [0.4, 0.5) is 5.82 Å². The first-order valence-corrected chi connectivity index (χ1v) is 6.95. The highest BCUT2D eigenvalue weighted by Gasteiger charge is 2.21. The van der Waals surface area contributed by atoms with E-state index in [1.807, 2.05) is 6.92 Å². The third-order valence-corrected chi connectivity index (χ3v) is 3.71. The van der Waals surface area contributed by atoms with Gasteiger partial charge in [0.2, 0.25) is 0 Å². The van der Waals surface area contributed by atoms with E-state index in [0.717, 1.165) is 56.0 Å². The molecular formula is C13H20ClN3O. The van der Waals surface area contributed by atoms with Gasteiger partial charge in [0.1, 0.15) is 16.8 Å². The van der Waals surface area contributed by atoms with E-state index < -0.39 is 0 Å². The van der Waals surface area contributed by atoms with Crippen molar-refractivity contribution in [3.8, 4) is 0 Å². The minimum absolute atomic E-state index is 0.172. The van der Waals surface area contributed by atoms with Gasteiger partial charge in [-0.05, 0) is 26.2 Å². The summed E-state index contributed by atoms with van der Waals surface area (Å²) in [5.74, 6) is 1.75. The molecule has 1 aliphatic heterocycles. The van der Waals surface area contributed by atoms with Crippen molar-refractivity contribution in [2.45, 2.75) is 45.6 Å². The summed E-state index contributed by atoms with van der Waals surface area (Å²) in [6.07, 6.45) is 3.28. The van der Waals surface area contributed by atoms with E-state index in [9.17, 15) is 5.11 Å². The Labute approximate surface area is 113 Å². The van der Waals surface area contributed by atoms with Crippen LogP contribution in [0.2, 0.25) is 5.15 Å². The topological polar surface area (TPSA) is 49.2 Å². The first-order valence-electron chi connectivity index (χ1n) is 6.57. The summed E-state index contributed by atoms with van der Waals surface area (Å²) >= 11 is 6.18. The number of aliphatic hydroxyl groups is 1. The van der Waals surface area contributed by atoms with Crippen molar-refractivity contribution in [2.24, 2.45) is 0 Å². The molecule has 5 heteroatoms. The van der Waals surface area contributed by atoms with Gasteiger partial charge in [0.15, 0.2) is 0 Å². The average Bonchev–Trinajstić information content (AvgIpc) is 2.35. The zero-order valence-corrected chi connectivity index (χ0v) is 11.7. The lowest BCUT2D eigenvalue weighted by Crippen LogP contribution is -2.37. The summed E-state index contributed by atoms with van der Waals surface area (Å²) in [6, 6.07) is 0. The van der Waals surface area contributed by atoms with Gasteiger partial charge in [0, 0.05) is 25.1 Å². The molecule has 0 atom stereocenters. The summed E-state index contributed by atoms with van der Waals surface area (Å²) in [6.45, 7) is 5.73. The molecule has 1 saturated heterocycles. The summed E-state index contributed by atoms with van der Waals surface area (Å²) in [5, 5.41) is 10.1. The fourth-order valence-corrected chi connectivity index (χ4v) is 2.42. The Morgan fingerprint density at radius 2 is 2.00 bits per heavy atom. The smallest absolute Gasteiger partial charge is 0.137 e. The highest BCUT2D eigenvalue weighted by atomic mass is 35.5. The van der Waals surface area contributed by atoms with E-state index in [0.29, 0.717) is 5.15 Å². The van der Waals surface area contributed by atoms with Gasteiger partial charge >= 0.3 is 0 Å². The molecule has 1 N–H and O–H groups in total. The summed E-state index contributed by atoms with van der Waals surface area (Å²) < 4.78 is 0. The molecule has 2 heterocycles. The van der Waals surface area contributed by atoms with Crippen molar-refractivity contribution in [2.75, 3.05) is 18.0 Å². The van der Waals surface area contributed by atoms with E-state index in [4.69, 9.17) is 11.6 Å². The molecule has 100 valence electrons. The lowest BCUT2D eigenvalue weighted by Gasteiger charge is -2.31. The van der Waals surface area contributed by atoms with Crippen LogP contribution >= 0.6 is 11.6 Å². The van der Waals surface area contributed by atoms with Crippen LogP contribution in [0.25, 0.3) is 0 Å². The first-order chi connectivity index (χ1) is 8.61. The maximum absolute atomic E-state index is 9.55. The van der Waals surface area contributed by atoms with E-state index >= 15 is 0 Å². The van der Waals surface area contributed by atoms with Gasteiger partial charge in [-0.15, -0.1) is 0 Å². The maximum atomic E-state index is 9.55. The normalized spacial score (nSPS) is 17.2. The number of halogens is 1. The van der Waals surface area contributed by atoms with Crippen molar-refractivity contribution in [3.05, 3.63) is 16.5 Å². The summed E-state index contributed by atoms with van der Waals surface area (Å²) in [5.41, 5.74) is 0.938. The molecule has 0 bridgehead atoms. The van der Waals surface area contributed by atoms with Crippen molar-refractivity contribution >= 4 is 17.4 Å². The maximum Gasteiger partial charge on any atom is 0.137 e. The Morgan fingerprint density at radius 1 is 1.33 bits per heavy atom. The second-order valence-electron chi connectivity index (χ2n) is 4.85. The number of hydrogen-bond acceptors (Lipinski definition) is 4. The molecule has 18 heavy (non-hydrogen) atoms. The molecule has 1 fully saturated rings. The summed E-state index contributed by atoms with van der Waals surface area (Å²) in [4.78, 5) is 11.1. The number of piperidine rings is 1. The number of aliphatic hydroxyl groups excluding tert-OH is 1. The number of anilines is 1. The van der Waals surface area contributed by atoms with Crippen LogP contribution in [0, 0.1) is 6.92 Å². The fourth-order valence-electron chi connectivity index (χ4n) is 2.24. The zero-order chi connectivity index (χ0) is 13.1. The van der Waals surface area contributed by atoms with Gasteiger partial charge in [-0.25, -0.2) is 9.97 Å². The molecule has 1 aliphatic rings. The number of aromatic nitrogens is 2. The molecule has 0 aromatic carbocycles. The Hall–Kier alpha value is -0.870. The van der Waals surface area contributed by atoms with Crippen LogP contribution in [0.15, 0.2) is 0 Å². The quantitative estimate of drug-likeness (QED) is 0.856. The molecule has 2 rings (SSSR count). The Kier molecular flexibility index (Phi) is 4.40. The second kappa shape index (κ2) is 5.85. The zero-order valence-electron chi connectivity index (χ0n) is 11.0. The van der Waals surface area contributed by atoms with E-state index in [1.54, 1.807) is 0 Å². The van der Waals surface area contributed by atoms with Crippen molar-refractivity contribution in [3.63, 3.8) is 0 Å². The molecular weight excluding hydrogens is 250 g/mol. The second-order valence-corrected chi connectivity index (χ2v) is 5.21. The number of hydrogen-bond donors (Lipinski definition) is 1. The lowest BCUT2D eigenvalue weighted by molar-refractivity contribution is 0.145. The SMILES string of the molecule is CCCc1nc(Cl)c(C)c(N2CCC(O)CC2)n1. The van der Waals surface area contributed by atoms with Crippen LogP contribution in [0.3, 0.4) is 0 Å².